The molecule has 136 valence electrons. The Bertz CT molecular complexity index is 605. The van der Waals surface area contributed by atoms with Gasteiger partial charge in [0, 0.05) is 25.0 Å². The highest BCUT2D eigenvalue weighted by atomic mass is 31.1. The van der Waals surface area contributed by atoms with Crippen LogP contribution in [0.4, 0.5) is 5.69 Å². The van der Waals surface area contributed by atoms with Gasteiger partial charge in [-0.25, -0.2) is 4.57 Å². The van der Waals surface area contributed by atoms with Crippen LogP contribution < -0.4 is 4.74 Å². The van der Waals surface area contributed by atoms with Crippen molar-refractivity contribution >= 4 is 26.3 Å². The Morgan fingerprint density at radius 2 is 1.84 bits per heavy atom. The first-order valence-electron chi connectivity index (χ1n) is 7.16. The van der Waals surface area contributed by atoms with Gasteiger partial charge in [-0.05, 0) is 18.6 Å². The Morgan fingerprint density at radius 3 is 2.40 bits per heavy atom. The average Bonchev–Trinajstić information content (AvgIpc) is 2.59. The number of nitrogens with zero attached hydrogens (tertiary/aromatic N) is 1. The second kappa shape index (κ2) is 11.2. The molecule has 1 unspecified atom stereocenters. The van der Waals surface area contributed by atoms with Gasteiger partial charge in [-0.2, -0.15) is 0 Å². The van der Waals surface area contributed by atoms with Crippen molar-refractivity contribution in [2.24, 2.45) is 0 Å². The lowest BCUT2D eigenvalue weighted by Gasteiger charge is -2.13. The summed E-state index contributed by atoms with van der Waals surface area (Å²) in [6.07, 6.45) is -0.920. The molecule has 0 bridgehead atoms. The van der Waals surface area contributed by atoms with Gasteiger partial charge in [-0.15, -0.1) is 0 Å². The van der Waals surface area contributed by atoms with Crippen LogP contribution in [0.1, 0.15) is 19.3 Å². The second-order valence-electron chi connectivity index (χ2n) is 4.74. The maximum atomic E-state index is 11.6. The Hall–Kier alpha value is -2.42. The number of ether oxygens (including phenoxy) is 2. The smallest absolute Gasteiger partial charge is 0.327 e. The summed E-state index contributed by atoms with van der Waals surface area (Å²) in [5.74, 6) is -1.09. The molecule has 1 N–H and O–H groups in total. The molecule has 1 atom stereocenters. The van der Waals surface area contributed by atoms with Crippen LogP contribution in [-0.2, 0) is 23.4 Å². The number of aliphatic hydroxyl groups excluding tert-OH is 1. The van der Waals surface area contributed by atoms with E-state index in [0.29, 0.717) is 0 Å². The number of non-ortho nitro benzene ring substituents is 1. The summed E-state index contributed by atoms with van der Waals surface area (Å²) in [7, 11) is -0.587. The van der Waals surface area contributed by atoms with Crippen LogP contribution in [0.15, 0.2) is 24.3 Å². The summed E-state index contributed by atoms with van der Waals surface area (Å²) in [5.41, 5.74) is -0.124. The number of aliphatic hydroxyl groups is 1. The van der Waals surface area contributed by atoms with E-state index in [0.717, 1.165) is 0 Å². The zero-order valence-corrected chi connectivity index (χ0v) is 13.9. The number of esters is 2. The number of carbonyl (C=O) groups excluding carboxylic acids is 2. The van der Waals surface area contributed by atoms with Gasteiger partial charge in [0.1, 0.15) is 11.9 Å². The zero-order valence-electron chi connectivity index (χ0n) is 13.0. The molecular weight excluding hydrogens is 357 g/mol. The van der Waals surface area contributed by atoms with Crippen LogP contribution in [0, 0.1) is 10.1 Å². The summed E-state index contributed by atoms with van der Waals surface area (Å²) in [5, 5.41) is 19.5. The minimum atomic E-state index is -0.930. The van der Waals surface area contributed by atoms with Crippen molar-refractivity contribution in [1.82, 2.24) is 0 Å². The monoisotopic (exact) mass is 373 g/mol. The van der Waals surface area contributed by atoms with Gasteiger partial charge in [-0.3, -0.25) is 24.2 Å². The van der Waals surface area contributed by atoms with Gasteiger partial charge in [-0.1, -0.05) is 0 Å². The molecule has 10 nitrogen and oxygen atoms in total. The number of nitro groups is 1. The summed E-state index contributed by atoms with van der Waals surface area (Å²) >= 11 is 0. The molecule has 0 aliphatic heterocycles. The minimum Gasteiger partial charge on any atom is -0.457 e. The zero-order chi connectivity index (χ0) is 18.7. The molecule has 25 heavy (non-hydrogen) atoms. The van der Waals surface area contributed by atoms with Crippen LogP contribution >= 0.6 is 8.69 Å². The Kier molecular flexibility index (Phi) is 9.23. The van der Waals surface area contributed by atoms with Crippen LogP contribution in [-0.4, -0.2) is 41.3 Å². The lowest BCUT2D eigenvalue weighted by molar-refractivity contribution is -0.384. The first-order valence-corrected chi connectivity index (χ1v) is 7.89. The molecule has 0 saturated heterocycles. The molecule has 0 radical (unpaired) electrons. The average molecular weight is 373 g/mol. The minimum absolute atomic E-state index is 0.0639. The lowest BCUT2D eigenvalue weighted by Crippen LogP contribution is -2.26. The van der Waals surface area contributed by atoms with Gasteiger partial charge in [0.2, 0.25) is 0 Å². The molecule has 1 aromatic rings. The van der Waals surface area contributed by atoms with E-state index in [1.54, 1.807) is 0 Å². The molecule has 0 spiro atoms. The van der Waals surface area contributed by atoms with Crippen molar-refractivity contribution in [2.75, 3.05) is 13.2 Å². The van der Waals surface area contributed by atoms with Crippen molar-refractivity contribution in [3.05, 3.63) is 34.4 Å². The Balaban J connectivity index is 2.30. The molecule has 1 aromatic carbocycles. The van der Waals surface area contributed by atoms with Gasteiger partial charge in [0.15, 0.2) is 0 Å². The van der Waals surface area contributed by atoms with E-state index in [2.05, 4.69) is 4.52 Å². The van der Waals surface area contributed by atoms with Gasteiger partial charge < -0.3 is 14.6 Å². The molecular formula is C14H16NO9P. The van der Waals surface area contributed by atoms with E-state index in [-0.39, 0.29) is 37.3 Å². The molecule has 1 rings (SSSR count). The van der Waals surface area contributed by atoms with Crippen molar-refractivity contribution in [3.63, 3.8) is 0 Å². The SMILES string of the molecule is O=POCC(CO)OC(=O)CCCC(=O)Oc1ccc([N+](=O)[O-])cc1. The highest BCUT2D eigenvalue weighted by Gasteiger charge is 2.15. The number of nitro benzene ring substituents is 1. The number of benzene rings is 1. The van der Waals surface area contributed by atoms with Crippen LogP contribution in [0.5, 0.6) is 5.75 Å². The predicted octanol–water partition coefficient (Wildman–Crippen LogP) is 1.80. The topological polar surface area (TPSA) is 142 Å². The highest BCUT2D eigenvalue weighted by Crippen LogP contribution is 2.18. The summed E-state index contributed by atoms with van der Waals surface area (Å²) in [6.45, 7) is -0.696. The summed E-state index contributed by atoms with van der Waals surface area (Å²) in [4.78, 5) is 33.1. The lowest BCUT2D eigenvalue weighted by atomic mass is 10.2. The first-order chi connectivity index (χ1) is 12.0. The quantitative estimate of drug-likeness (QED) is 0.202. The van der Waals surface area contributed by atoms with Gasteiger partial charge in [0.25, 0.3) is 5.69 Å². The summed E-state index contributed by atoms with van der Waals surface area (Å²) < 4.78 is 24.5. The molecule has 0 aromatic heterocycles. The molecule has 0 fully saturated rings. The van der Waals surface area contributed by atoms with Crippen LogP contribution in [0.3, 0.4) is 0 Å². The van der Waals surface area contributed by atoms with Crippen LogP contribution in [0.2, 0.25) is 0 Å². The molecule has 0 amide bonds. The Morgan fingerprint density at radius 1 is 1.20 bits per heavy atom. The third kappa shape index (κ3) is 8.30. The van der Waals surface area contributed by atoms with E-state index in [1.807, 2.05) is 0 Å². The highest BCUT2D eigenvalue weighted by molar-refractivity contribution is 7.17. The fraction of sp³-hybridized carbons (Fsp3) is 0.429. The molecule has 0 aliphatic carbocycles. The normalized spacial score (nSPS) is 11.7. The number of carbonyl (C=O) groups is 2. The third-order valence-electron chi connectivity index (χ3n) is 2.86. The van der Waals surface area contributed by atoms with E-state index in [4.69, 9.17) is 14.6 Å². The fourth-order valence-electron chi connectivity index (χ4n) is 1.68. The predicted molar refractivity (Wildman–Crippen MR) is 83.1 cm³/mol. The number of hydrogen-bond donors (Lipinski definition) is 1. The van der Waals surface area contributed by atoms with Crippen molar-refractivity contribution in [2.45, 2.75) is 25.4 Å². The van der Waals surface area contributed by atoms with Gasteiger partial charge in [0.05, 0.1) is 18.1 Å². The molecule has 11 heteroatoms. The van der Waals surface area contributed by atoms with Crippen molar-refractivity contribution in [1.29, 1.82) is 0 Å². The van der Waals surface area contributed by atoms with E-state index < -0.39 is 38.3 Å². The third-order valence-corrected chi connectivity index (χ3v) is 3.11. The van der Waals surface area contributed by atoms with E-state index in [1.165, 1.54) is 24.3 Å². The summed E-state index contributed by atoms with van der Waals surface area (Å²) in [6, 6.07) is 5.01. The van der Waals surface area contributed by atoms with Crippen molar-refractivity contribution < 1.29 is 38.2 Å². The van der Waals surface area contributed by atoms with Gasteiger partial charge >= 0.3 is 20.6 Å². The molecule has 0 saturated carbocycles. The van der Waals surface area contributed by atoms with Crippen LogP contribution in [0.25, 0.3) is 0 Å². The second-order valence-corrected chi connectivity index (χ2v) is 5.15. The standard InChI is InChI=1S/C14H16NO9P/c16-8-12(9-22-25-21)24-14(18)3-1-2-13(17)23-11-6-4-10(5-7-11)15(19)20/h4-7,12,16H,1-3,8-9H2. The maximum absolute atomic E-state index is 11.6. The maximum Gasteiger partial charge on any atom is 0.327 e. The van der Waals surface area contributed by atoms with E-state index >= 15 is 0 Å². The molecule has 0 aliphatic rings. The van der Waals surface area contributed by atoms with Crippen molar-refractivity contribution in [3.8, 4) is 5.75 Å². The van der Waals surface area contributed by atoms with E-state index in [9.17, 15) is 24.3 Å². The number of hydrogen-bond acceptors (Lipinski definition) is 9. The first kappa shape index (κ1) is 20.6. The largest absolute Gasteiger partial charge is 0.457 e. The fourth-order valence-corrected chi connectivity index (χ4v) is 1.90. The number of rotatable bonds is 11. The molecule has 0 heterocycles. The Labute approximate surface area is 144 Å².